The number of fused-ring (bicyclic) bond motifs is 13. The van der Waals surface area contributed by atoms with Gasteiger partial charge in [-0.2, -0.15) is 0 Å². The van der Waals surface area contributed by atoms with E-state index in [4.69, 9.17) is 9.97 Å². The second-order valence-corrected chi connectivity index (χ2v) is 16.0. The topological polar surface area (TPSA) is 35.1 Å². The molecular weight excluding hydrogens is 713 g/mol. The molecule has 0 fully saturated rings. The van der Waals surface area contributed by atoms with E-state index in [-0.39, 0.29) is 0 Å². The van der Waals surface area contributed by atoms with Gasteiger partial charge >= 0.3 is 0 Å². The molecule has 5 aromatic heterocycles. The summed E-state index contributed by atoms with van der Waals surface area (Å²) in [6.45, 7) is 0. The van der Waals surface area contributed by atoms with Gasteiger partial charge in [0.15, 0.2) is 0 Å². The van der Waals surface area contributed by atoms with Crippen molar-refractivity contribution in [2.45, 2.75) is 0 Å². The third-order valence-corrected chi connectivity index (χ3v) is 13.0. The molecule has 13 rings (SSSR count). The van der Waals surface area contributed by atoms with Gasteiger partial charge < -0.3 is 4.40 Å². The second kappa shape index (κ2) is 11.6. The summed E-state index contributed by atoms with van der Waals surface area (Å²) in [7, 11) is 0. The van der Waals surface area contributed by atoms with Crippen LogP contribution in [-0.2, 0) is 0 Å². The Balaban J connectivity index is 1.18. The van der Waals surface area contributed by atoms with Crippen molar-refractivity contribution in [1.82, 2.24) is 18.9 Å². The van der Waals surface area contributed by atoms with E-state index < -0.39 is 0 Å². The van der Waals surface area contributed by atoms with Gasteiger partial charge in [-0.25, -0.2) is 9.97 Å². The van der Waals surface area contributed by atoms with Crippen LogP contribution in [0, 0.1) is 0 Å². The van der Waals surface area contributed by atoms with Crippen LogP contribution in [0.5, 0.6) is 0 Å². The van der Waals surface area contributed by atoms with Crippen molar-refractivity contribution < 1.29 is 0 Å². The Morgan fingerprint density at radius 1 is 0.386 bits per heavy atom. The average Bonchev–Trinajstić information content (AvgIpc) is 4.02. The second-order valence-electron chi connectivity index (χ2n) is 14.9. The summed E-state index contributed by atoms with van der Waals surface area (Å²) < 4.78 is 7.10. The maximum absolute atomic E-state index is 5.59. The van der Waals surface area contributed by atoms with Crippen molar-refractivity contribution in [3.63, 3.8) is 0 Å². The number of hydrogen-bond acceptors (Lipinski definition) is 3. The molecule has 0 radical (unpaired) electrons. The van der Waals surface area contributed by atoms with Crippen LogP contribution in [-0.4, -0.2) is 18.9 Å². The predicted octanol–water partition coefficient (Wildman–Crippen LogP) is 14.1. The lowest BCUT2D eigenvalue weighted by Crippen LogP contribution is -2.02. The fraction of sp³-hybridized carbons (Fsp3) is 0. The number of benzene rings is 8. The van der Waals surface area contributed by atoms with Crippen LogP contribution >= 0.6 is 11.3 Å². The molecule has 8 aromatic carbocycles. The summed E-state index contributed by atoms with van der Waals surface area (Å²) in [5, 5.41) is 8.54. The smallest absolute Gasteiger partial charge is 0.235 e. The number of nitrogens with zero attached hydrogens (tertiary/aromatic N) is 4. The van der Waals surface area contributed by atoms with E-state index >= 15 is 0 Å². The van der Waals surface area contributed by atoms with Gasteiger partial charge in [0.05, 0.1) is 43.5 Å². The van der Waals surface area contributed by atoms with Crippen LogP contribution in [0.2, 0.25) is 0 Å². The quantitative estimate of drug-likeness (QED) is 0.180. The van der Waals surface area contributed by atoms with E-state index in [9.17, 15) is 0 Å². The Hall–Kier alpha value is -7.34. The molecule has 0 aliphatic rings. The van der Waals surface area contributed by atoms with E-state index in [1.54, 1.807) is 11.3 Å². The third-order valence-electron chi connectivity index (χ3n) is 11.9. The van der Waals surface area contributed by atoms with Crippen molar-refractivity contribution in [1.29, 1.82) is 0 Å². The summed E-state index contributed by atoms with van der Waals surface area (Å²) in [5.74, 6) is 0.669. The first-order valence-corrected chi connectivity index (χ1v) is 20.2. The fourth-order valence-corrected chi connectivity index (χ4v) is 10.5. The summed E-state index contributed by atoms with van der Waals surface area (Å²) in [6, 6.07) is 65.7. The molecule has 0 saturated heterocycles. The number of rotatable bonds is 4. The third kappa shape index (κ3) is 4.32. The Labute approximate surface area is 330 Å². The van der Waals surface area contributed by atoms with Crippen LogP contribution in [0.3, 0.4) is 0 Å². The zero-order chi connectivity index (χ0) is 37.2. The SMILES string of the molecule is c1ccc(-c2ccc(-c3nc(-n4c5ccc(-c6ccccc6)cc5c5c6c7ccccc7n7c8ccccc8c(cc54)c67)nc4c3sc3ccccc34)cc2)cc1. The van der Waals surface area contributed by atoms with Gasteiger partial charge in [-0.1, -0.05) is 146 Å². The number of thiophene rings is 1. The number of para-hydroxylation sites is 2. The zero-order valence-electron chi connectivity index (χ0n) is 30.5. The molecular formula is C52H30N4S. The monoisotopic (exact) mass is 742 g/mol. The first-order chi connectivity index (χ1) is 28.3. The van der Waals surface area contributed by atoms with Crippen LogP contribution in [0.4, 0.5) is 0 Å². The molecule has 5 heteroatoms. The standard InChI is InChI=1S/C52H30N4S/c1-3-13-31(14-4-1)33-23-25-34(26-24-33)48-51-49(38-19-9-12-22-45(38)57-51)54-52(53-48)56-43-28-27-35(32-15-5-2-6-16-32)29-40(43)46-44(56)30-39-36-17-7-10-20-41(36)55-42-21-11-8-18-37(42)47(46)50(39)55/h1-30H. The Morgan fingerprint density at radius 2 is 0.982 bits per heavy atom. The van der Waals surface area contributed by atoms with E-state index in [1.165, 1.54) is 75.8 Å². The van der Waals surface area contributed by atoms with Gasteiger partial charge in [-0.15, -0.1) is 11.3 Å². The van der Waals surface area contributed by atoms with Gasteiger partial charge in [0, 0.05) is 48.0 Å². The molecule has 0 N–H and O–H groups in total. The van der Waals surface area contributed by atoms with E-state index in [0.717, 1.165) is 37.9 Å². The van der Waals surface area contributed by atoms with Gasteiger partial charge in [-0.3, -0.25) is 4.57 Å². The van der Waals surface area contributed by atoms with Crippen molar-refractivity contribution in [3.8, 4) is 39.5 Å². The lowest BCUT2D eigenvalue weighted by molar-refractivity contribution is 1.02. The van der Waals surface area contributed by atoms with Crippen molar-refractivity contribution >= 4 is 91.5 Å². The minimum Gasteiger partial charge on any atom is -0.308 e. The van der Waals surface area contributed by atoms with Gasteiger partial charge in [0.2, 0.25) is 5.95 Å². The van der Waals surface area contributed by atoms with Gasteiger partial charge in [0.25, 0.3) is 0 Å². The highest BCUT2D eigenvalue weighted by Crippen LogP contribution is 2.48. The first-order valence-electron chi connectivity index (χ1n) is 19.3. The lowest BCUT2D eigenvalue weighted by Gasteiger charge is -2.11. The molecule has 0 aliphatic heterocycles. The largest absolute Gasteiger partial charge is 0.308 e. The maximum Gasteiger partial charge on any atom is 0.235 e. The van der Waals surface area contributed by atoms with Crippen molar-refractivity contribution in [3.05, 3.63) is 182 Å². The van der Waals surface area contributed by atoms with E-state index in [0.29, 0.717) is 5.95 Å². The molecule has 0 atom stereocenters. The summed E-state index contributed by atoms with van der Waals surface area (Å²) >= 11 is 1.77. The normalized spacial score (nSPS) is 12.2. The number of hydrogen-bond donors (Lipinski definition) is 0. The molecule has 0 aliphatic carbocycles. The molecule has 5 heterocycles. The van der Waals surface area contributed by atoms with Gasteiger partial charge in [-0.05, 0) is 58.7 Å². The first kappa shape index (κ1) is 30.9. The minimum absolute atomic E-state index is 0.669. The van der Waals surface area contributed by atoms with Crippen molar-refractivity contribution in [2.75, 3.05) is 0 Å². The minimum atomic E-state index is 0.669. The van der Waals surface area contributed by atoms with E-state index in [2.05, 4.69) is 191 Å². The summed E-state index contributed by atoms with van der Waals surface area (Å²) in [6.07, 6.45) is 0. The van der Waals surface area contributed by atoms with Gasteiger partial charge in [0.1, 0.15) is 0 Å². The maximum atomic E-state index is 5.59. The van der Waals surface area contributed by atoms with E-state index in [1.807, 2.05) is 0 Å². The van der Waals surface area contributed by atoms with Crippen LogP contribution in [0.25, 0.3) is 120 Å². The fourth-order valence-electron chi connectivity index (χ4n) is 9.37. The highest BCUT2D eigenvalue weighted by atomic mass is 32.1. The average molecular weight is 743 g/mol. The summed E-state index contributed by atoms with van der Waals surface area (Å²) in [4.78, 5) is 11.1. The molecule has 264 valence electrons. The number of aromatic nitrogens is 4. The molecule has 57 heavy (non-hydrogen) atoms. The van der Waals surface area contributed by atoms with Crippen LogP contribution in [0.1, 0.15) is 0 Å². The molecule has 0 bridgehead atoms. The lowest BCUT2D eigenvalue weighted by atomic mass is 9.99. The Kier molecular flexibility index (Phi) is 6.29. The Morgan fingerprint density at radius 3 is 1.75 bits per heavy atom. The summed E-state index contributed by atoms with van der Waals surface area (Å²) in [5.41, 5.74) is 13.6. The molecule has 4 nitrogen and oxygen atoms in total. The highest BCUT2D eigenvalue weighted by molar-refractivity contribution is 7.26. The van der Waals surface area contributed by atoms with Crippen LogP contribution < -0.4 is 0 Å². The molecule has 0 saturated carbocycles. The molecule has 0 unspecified atom stereocenters. The highest BCUT2D eigenvalue weighted by Gasteiger charge is 2.26. The molecule has 0 spiro atoms. The van der Waals surface area contributed by atoms with Crippen molar-refractivity contribution in [2.24, 2.45) is 0 Å². The Bertz CT molecular complexity index is 3730. The molecule has 13 aromatic rings. The van der Waals surface area contributed by atoms with Crippen LogP contribution in [0.15, 0.2) is 182 Å². The zero-order valence-corrected chi connectivity index (χ0v) is 31.3. The molecule has 0 amide bonds. The predicted molar refractivity (Wildman–Crippen MR) is 240 cm³/mol.